The summed E-state index contributed by atoms with van der Waals surface area (Å²) in [5.74, 6) is 0.236. The van der Waals surface area contributed by atoms with Gasteiger partial charge in [0, 0.05) is 18.7 Å². The smallest absolute Gasteiger partial charge is 0.224 e. The van der Waals surface area contributed by atoms with Crippen LogP contribution in [0.25, 0.3) is 0 Å². The maximum Gasteiger partial charge on any atom is 0.224 e. The fraction of sp³-hybridized carbons (Fsp3) is 0.533. The fourth-order valence-corrected chi connectivity index (χ4v) is 4.93. The van der Waals surface area contributed by atoms with Gasteiger partial charge in [-0.2, -0.15) is 0 Å². The highest BCUT2D eigenvalue weighted by Gasteiger charge is 2.29. The van der Waals surface area contributed by atoms with Crippen molar-refractivity contribution in [2.75, 3.05) is 23.4 Å². The van der Waals surface area contributed by atoms with Crippen molar-refractivity contribution in [3.05, 3.63) is 29.3 Å². The van der Waals surface area contributed by atoms with Gasteiger partial charge in [-0.05, 0) is 48.6 Å². The van der Waals surface area contributed by atoms with Crippen LogP contribution in [0, 0.1) is 5.92 Å². The summed E-state index contributed by atoms with van der Waals surface area (Å²) in [5.41, 5.74) is 3.35. The van der Waals surface area contributed by atoms with Gasteiger partial charge < -0.3 is 10.6 Å². The number of hydrogen-bond donors (Lipinski definition) is 2. The van der Waals surface area contributed by atoms with E-state index in [1.807, 2.05) is 12.1 Å². The maximum absolute atomic E-state index is 12.0. The normalized spacial score (nSPS) is 23.5. The van der Waals surface area contributed by atoms with E-state index >= 15 is 0 Å². The van der Waals surface area contributed by atoms with Crippen molar-refractivity contribution in [3.63, 3.8) is 0 Å². The highest BCUT2D eigenvalue weighted by molar-refractivity contribution is 7.91. The number of fused-ring (bicyclic) bond motifs is 1. The van der Waals surface area contributed by atoms with Crippen LogP contribution < -0.4 is 10.6 Å². The Morgan fingerprint density at radius 1 is 1.33 bits per heavy atom. The number of benzene rings is 1. The van der Waals surface area contributed by atoms with E-state index in [-0.39, 0.29) is 29.8 Å². The van der Waals surface area contributed by atoms with E-state index in [2.05, 4.69) is 16.7 Å². The molecule has 1 aromatic rings. The zero-order valence-corrected chi connectivity index (χ0v) is 12.7. The number of nitrogens with one attached hydrogen (secondary N) is 2. The molecule has 0 radical (unpaired) electrons. The molecule has 2 aliphatic heterocycles. The SMILES string of the molecule is O=C(CC1CCS(=O)(=O)C1)Nc1ccc2c(c1)CNCC2. The van der Waals surface area contributed by atoms with E-state index in [9.17, 15) is 13.2 Å². The van der Waals surface area contributed by atoms with Crippen molar-refractivity contribution in [1.29, 1.82) is 0 Å². The van der Waals surface area contributed by atoms with Crippen LogP contribution in [0.3, 0.4) is 0 Å². The molecule has 1 unspecified atom stereocenters. The van der Waals surface area contributed by atoms with Gasteiger partial charge in [0.25, 0.3) is 0 Å². The molecular weight excluding hydrogens is 288 g/mol. The molecule has 114 valence electrons. The van der Waals surface area contributed by atoms with E-state index in [1.54, 1.807) is 0 Å². The first kappa shape index (κ1) is 14.5. The maximum atomic E-state index is 12.0. The van der Waals surface area contributed by atoms with E-state index in [4.69, 9.17) is 0 Å². The fourth-order valence-electron chi connectivity index (χ4n) is 3.07. The number of carbonyl (C=O) groups excluding carboxylic acids is 1. The number of anilines is 1. The Labute approximate surface area is 125 Å². The first-order valence-electron chi connectivity index (χ1n) is 7.35. The molecule has 2 N–H and O–H groups in total. The zero-order valence-electron chi connectivity index (χ0n) is 11.9. The number of sulfone groups is 1. The second-order valence-electron chi connectivity index (χ2n) is 5.93. The van der Waals surface area contributed by atoms with Gasteiger partial charge in [0.1, 0.15) is 0 Å². The average Bonchev–Trinajstić information content (AvgIpc) is 2.77. The molecule has 1 atom stereocenters. The molecule has 0 aromatic heterocycles. The molecule has 2 heterocycles. The molecule has 0 spiro atoms. The van der Waals surface area contributed by atoms with Gasteiger partial charge in [-0.3, -0.25) is 4.79 Å². The van der Waals surface area contributed by atoms with Gasteiger partial charge in [-0.25, -0.2) is 8.42 Å². The van der Waals surface area contributed by atoms with Crippen LogP contribution in [-0.4, -0.2) is 32.4 Å². The number of rotatable bonds is 3. The van der Waals surface area contributed by atoms with Gasteiger partial charge in [0.15, 0.2) is 9.84 Å². The average molecular weight is 308 g/mol. The van der Waals surface area contributed by atoms with E-state index in [0.717, 1.165) is 25.2 Å². The minimum atomic E-state index is -2.91. The van der Waals surface area contributed by atoms with E-state index < -0.39 is 9.84 Å². The van der Waals surface area contributed by atoms with Crippen molar-refractivity contribution < 1.29 is 13.2 Å². The summed E-state index contributed by atoms with van der Waals surface area (Å²) in [7, 11) is -2.91. The van der Waals surface area contributed by atoms with Gasteiger partial charge in [0.2, 0.25) is 5.91 Å². The Hall–Kier alpha value is -1.40. The molecule has 1 amide bonds. The van der Waals surface area contributed by atoms with Crippen molar-refractivity contribution in [2.24, 2.45) is 5.92 Å². The Bertz CT molecular complexity index is 655. The Morgan fingerprint density at radius 3 is 2.95 bits per heavy atom. The molecule has 0 saturated carbocycles. The zero-order chi connectivity index (χ0) is 14.9. The van der Waals surface area contributed by atoms with Crippen LogP contribution in [0.4, 0.5) is 5.69 Å². The lowest BCUT2D eigenvalue weighted by atomic mass is 10.00. The highest BCUT2D eigenvalue weighted by atomic mass is 32.2. The van der Waals surface area contributed by atoms with E-state index in [1.165, 1.54) is 11.1 Å². The predicted octanol–water partition coefficient (Wildman–Crippen LogP) is 1.10. The summed E-state index contributed by atoms with van der Waals surface area (Å²) in [4.78, 5) is 12.0. The van der Waals surface area contributed by atoms with Crippen LogP contribution in [-0.2, 0) is 27.6 Å². The highest BCUT2D eigenvalue weighted by Crippen LogP contribution is 2.23. The summed E-state index contributed by atoms with van der Waals surface area (Å²) in [6, 6.07) is 5.99. The van der Waals surface area contributed by atoms with E-state index in [0.29, 0.717) is 6.42 Å². The first-order valence-corrected chi connectivity index (χ1v) is 9.17. The third kappa shape index (κ3) is 3.63. The topological polar surface area (TPSA) is 75.3 Å². The third-order valence-electron chi connectivity index (χ3n) is 4.18. The summed E-state index contributed by atoms with van der Waals surface area (Å²) in [6.45, 7) is 1.83. The van der Waals surface area contributed by atoms with Crippen LogP contribution in [0.1, 0.15) is 24.0 Å². The first-order chi connectivity index (χ1) is 10.0. The van der Waals surface area contributed by atoms with Crippen molar-refractivity contribution in [3.8, 4) is 0 Å². The molecule has 0 bridgehead atoms. The standard InChI is InChI=1S/C15H20N2O3S/c18-15(7-11-4-6-21(19,20)10-11)17-14-2-1-12-3-5-16-9-13(12)8-14/h1-2,8,11,16H,3-7,9-10H2,(H,17,18). The Kier molecular flexibility index (Phi) is 3.99. The molecule has 21 heavy (non-hydrogen) atoms. The largest absolute Gasteiger partial charge is 0.326 e. The molecule has 1 aromatic carbocycles. The van der Waals surface area contributed by atoms with Crippen LogP contribution >= 0.6 is 0 Å². The second kappa shape index (κ2) is 5.77. The molecular formula is C15H20N2O3S. The molecule has 0 aliphatic carbocycles. The van der Waals surface area contributed by atoms with Gasteiger partial charge >= 0.3 is 0 Å². The van der Waals surface area contributed by atoms with Gasteiger partial charge in [-0.1, -0.05) is 6.07 Å². The van der Waals surface area contributed by atoms with Crippen molar-refractivity contribution in [1.82, 2.24) is 5.32 Å². The summed E-state index contributed by atoms with van der Waals surface area (Å²) >= 11 is 0. The second-order valence-corrected chi connectivity index (χ2v) is 8.16. The predicted molar refractivity (Wildman–Crippen MR) is 81.9 cm³/mol. The van der Waals surface area contributed by atoms with Gasteiger partial charge in [0.05, 0.1) is 11.5 Å². The number of hydrogen-bond acceptors (Lipinski definition) is 4. The number of carbonyl (C=O) groups is 1. The minimum absolute atomic E-state index is 0.0331. The van der Waals surface area contributed by atoms with Crippen LogP contribution in [0.2, 0.25) is 0 Å². The molecule has 2 aliphatic rings. The summed E-state index contributed by atoms with van der Waals surface area (Å²) in [5, 5.41) is 6.19. The minimum Gasteiger partial charge on any atom is -0.326 e. The molecule has 1 saturated heterocycles. The number of amides is 1. The summed E-state index contributed by atoms with van der Waals surface area (Å²) < 4.78 is 22.8. The summed E-state index contributed by atoms with van der Waals surface area (Å²) in [6.07, 6.45) is 1.90. The quantitative estimate of drug-likeness (QED) is 0.877. The third-order valence-corrected chi connectivity index (χ3v) is 6.01. The Morgan fingerprint density at radius 2 is 2.19 bits per heavy atom. The lowest BCUT2D eigenvalue weighted by Crippen LogP contribution is -2.24. The Balaban J connectivity index is 1.60. The lowest BCUT2D eigenvalue weighted by Gasteiger charge is -2.18. The van der Waals surface area contributed by atoms with Crippen LogP contribution in [0.15, 0.2) is 18.2 Å². The molecule has 5 nitrogen and oxygen atoms in total. The van der Waals surface area contributed by atoms with Crippen molar-refractivity contribution >= 4 is 21.4 Å². The monoisotopic (exact) mass is 308 g/mol. The lowest BCUT2D eigenvalue weighted by molar-refractivity contribution is -0.116. The molecule has 3 rings (SSSR count). The molecule has 1 fully saturated rings. The van der Waals surface area contributed by atoms with Gasteiger partial charge in [-0.15, -0.1) is 0 Å². The van der Waals surface area contributed by atoms with Crippen molar-refractivity contribution in [2.45, 2.75) is 25.8 Å². The molecule has 6 heteroatoms. The van der Waals surface area contributed by atoms with Crippen LogP contribution in [0.5, 0.6) is 0 Å².